The molecule has 0 radical (unpaired) electrons. The number of methoxy groups -OCH3 is 1. The fraction of sp³-hybridized carbons (Fsp3) is 0.381. The van der Waals surface area contributed by atoms with E-state index in [-0.39, 0.29) is 12.4 Å². The van der Waals surface area contributed by atoms with Gasteiger partial charge in [0, 0.05) is 49.8 Å². The van der Waals surface area contributed by atoms with Crippen LogP contribution in [-0.2, 0) is 9.53 Å². The molecule has 0 bridgehead atoms. The number of anilines is 1. The Balaban J connectivity index is 1.52. The van der Waals surface area contributed by atoms with E-state index in [0.717, 1.165) is 31.7 Å². The Kier molecular flexibility index (Phi) is 6.60. The Bertz CT molecular complexity index is 818. The van der Waals surface area contributed by atoms with Gasteiger partial charge < -0.3 is 14.4 Å². The molecule has 2 aromatic rings. The predicted molar refractivity (Wildman–Crippen MR) is 106 cm³/mol. The van der Waals surface area contributed by atoms with Gasteiger partial charge in [0.2, 0.25) is 0 Å². The number of Topliss-reactive ketones (excluding diaryl/α,β-unsaturated/α-hetero) is 1. The summed E-state index contributed by atoms with van der Waals surface area (Å²) in [5, 5.41) is 0. The van der Waals surface area contributed by atoms with Gasteiger partial charge in [-0.25, -0.2) is 4.79 Å². The molecule has 148 valence electrons. The summed E-state index contributed by atoms with van der Waals surface area (Å²) in [7, 11) is 1.32. The molecular formula is C21H25N3O4. The molecule has 7 nitrogen and oxygen atoms in total. The van der Waals surface area contributed by atoms with Crippen LogP contribution in [0, 0.1) is 6.92 Å². The van der Waals surface area contributed by atoms with Gasteiger partial charge in [-0.2, -0.15) is 0 Å². The monoisotopic (exact) mass is 383 g/mol. The zero-order valence-corrected chi connectivity index (χ0v) is 16.3. The van der Waals surface area contributed by atoms with Gasteiger partial charge in [-0.15, -0.1) is 0 Å². The standard InChI is InChI=1S/C21H25N3O4/c1-16-13-17(3-4-20(16)28-15-21(26)27-2)19(25)14-23-9-11-24(12-10-23)18-5-7-22-8-6-18/h3-8,13H,9-12,14-15H2,1-2H3. The Morgan fingerprint density at radius 3 is 2.43 bits per heavy atom. The van der Waals surface area contributed by atoms with Gasteiger partial charge in [-0.1, -0.05) is 0 Å². The summed E-state index contributed by atoms with van der Waals surface area (Å²) in [6.07, 6.45) is 3.60. The van der Waals surface area contributed by atoms with E-state index in [1.54, 1.807) is 24.5 Å². The van der Waals surface area contributed by atoms with E-state index >= 15 is 0 Å². The smallest absolute Gasteiger partial charge is 0.343 e. The van der Waals surface area contributed by atoms with Crippen LogP contribution in [0.2, 0.25) is 0 Å². The van der Waals surface area contributed by atoms with Crippen molar-refractivity contribution in [3.05, 3.63) is 53.9 Å². The highest BCUT2D eigenvalue weighted by atomic mass is 16.6. The molecule has 0 aliphatic carbocycles. The number of carbonyl (C=O) groups excluding carboxylic acids is 2. The van der Waals surface area contributed by atoms with Crippen molar-refractivity contribution in [3.8, 4) is 5.75 Å². The minimum Gasteiger partial charge on any atom is -0.482 e. The summed E-state index contributed by atoms with van der Waals surface area (Å²) in [5.41, 5.74) is 2.64. The van der Waals surface area contributed by atoms with Crippen LogP contribution >= 0.6 is 0 Å². The highest BCUT2D eigenvalue weighted by Crippen LogP contribution is 2.20. The van der Waals surface area contributed by atoms with Crippen LogP contribution < -0.4 is 9.64 Å². The Morgan fingerprint density at radius 1 is 1.07 bits per heavy atom. The third-order valence-corrected chi connectivity index (χ3v) is 4.84. The average Bonchev–Trinajstić information content (AvgIpc) is 2.73. The van der Waals surface area contributed by atoms with Gasteiger partial charge in [0.05, 0.1) is 13.7 Å². The fourth-order valence-corrected chi connectivity index (χ4v) is 3.19. The van der Waals surface area contributed by atoms with Crippen LogP contribution in [0.4, 0.5) is 5.69 Å². The first-order valence-electron chi connectivity index (χ1n) is 9.27. The number of nitrogens with zero attached hydrogens (tertiary/aromatic N) is 3. The maximum Gasteiger partial charge on any atom is 0.343 e. The van der Waals surface area contributed by atoms with Crippen LogP contribution in [0.1, 0.15) is 15.9 Å². The minimum absolute atomic E-state index is 0.0833. The zero-order chi connectivity index (χ0) is 19.9. The topological polar surface area (TPSA) is 72.0 Å². The van der Waals surface area contributed by atoms with Crippen molar-refractivity contribution in [2.45, 2.75) is 6.92 Å². The first-order chi connectivity index (χ1) is 13.6. The number of rotatable bonds is 7. The van der Waals surface area contributed by atoms with Crippen molar-refractivity contribution in [1.29, 1.82) is 0 Å². The molecular weight excluding hydrogens is 358 g/mol. The van der Waals surface area contributed by atoms with Crippen molar-refractivity contribution in [1.82, 2.24) is 9.88 Å². The lowest BCUT2D eigenvalue weighted by atomic mass is 10.1. The van der Waals surface area contributed by atoms with E-state index in [9.17, 15) is 9.59 Å². The molecule has 1 aliphatic heterocycles. The second-order valence-electron chi connectivity index (χ2n) is 6.74. The van der Waals surface area contributed by atoms with Crippen LogP contribution in [0.25, 0.3) is 0 Å². The van der Waals surface area contributed by atoms with Gasteiger partial charge in [-0.05, 0) is 42.8 Å². The molecule has 0 spiro atoms. The summed E-state index contributed by atoms with van der Waals surface area (Å²) < 4.78 is 9.99. The molecule has 0 N–H and O–H groups in total. The predicted octanol–water partition coefficient (Wildman–Crippen LogP) is 1.95. The number of hydrogen-bond acceptors (Lipinski definition) is 7. The summed E-state index contributed by atoms with van der Waals surface area (Å²) in [6.45, 7) is 5.56. The molecule has 1 aromatic carbocycles. The zero-order valence-electron chi connectivity index (χ0n) is 16.3. The third kappa shape index (κ3) is 5.07. The van der Waals surface area contributed by atoms with Crippen LogP contribution in [0.5, 0.6) is 5.75 Å². The second kappa shape index (κ2) is 9.32. The molecule has 1 saturated heterocycles. The maximum absolute atomic E-state index is 12.7. The third-order valence-electron chi connectivity index (χ3n) is 4.84. The van der Waals surface area contributed by atoms with E-state index in [4.69, 9.17) is 4.74 Å². The molecule has 1 aliphatic rings. The maximum atomic E-state index is 12.7. The number of benzene rings is 1. The van der Waals surface area contributed by atoms with Crippen LogP contribution in [-0.4, -0.2) is 68.1 Å². The van der Waals surface area contributed by atoms with E-state index in [1.807, 2.05) is 25.1 Å². The van der Waals surface area contributed by atoms with Gasteiger partial charge in [0.15, 0.2) is 12.4 Å². The Labute approximate surface area is 164 Å². The number of hydrogen-bond donors (Lipinski definition) is 0. The van der Waals surface area contributed by atoms with Gasteiger partial charge in [-0.3, -0.25) is 14.7 Å². The molecule has 3 rings (SSSR count). The molecule has 0 atom stereocenters. The normalized spacial score (nSPS) is 14.6. The number of ether oxygens (including phenoxy) is 2. The molecule has 28 heavy (non-hydrogen) atoms. The molecule has 1 aromatic heterocycles. The molecule has 2 heterocycles. The molecule has 7 heteroatoms. The summed E-state index contributed by atoms with van der Waals surface area (Å²) >= 11 is 0. The van der Waals surface area contributed by atoms with E-state index in [1.165, 1.54) is 12.8 Å². The number of esters is 1. The largest absolute Gasteiger partial charge is 0.482 e. The lowest BCUT2D eigenvalue weighted by Gasteiger charge is -2.35. The first kappa shape index (κ1) is 19.8. The van der Waals surface area contributed by atoms with Crippen molar-refractivity contribution in [2.75, 3.05) is 51.3 Å². The van der Waals surface area contributed by atoms with Gasteiger partial charge in [0.1, 0.15) is 5.75 Å². The number of aryl methyl sites for hydroxylation is 1. The molecule has 0 saturated carbocycles. The number of aromatic nitrogens is 1. The summed E-state index contributed by atoms with van der Waals surface area (Å²) in [5.74, 6) is 0.221. The highest BCUT2D eigenvalue weighted by molar-refractivity contribution is 5.98. The van der Waals surface area contributed by atoms with Gasteiger partial charge >= 0.3 is 5.97 Å². The highest BCUT2D eigenvalue weighted by Gasteiger charge is 2.20. The molecule has 0 unspecified atom stereocenters. The van der Waals surface area contributed by atoms with Crippen molar-refractivity contribution >= 4 is 17.4 Å². The van der Waals surface area contributed by atoms with Crippen molar-refractivity contribution < 1.29 is 19.1 Å². The minimum atomic E-state index is -0.439. The lowest BCUT2D eigenvalue weighted by Crippen LogP contribution is -2.48. The quantitative estimate of drug-likeness (QED) is 0.534. The Hall–Kier alpha value is -2.93. The number of carbonyl (C=O) groups is 2. The van der Waals surface area contributed by atoms with E-state index < -0.39 is 5.97 Å². The Morgan fingerprint density at radius 2 is 1.79 bits per heavy atom. The number of piperazine rings is 1. The molecule has 0 amide bonds. The average molecular weight is 383 g/mol. The van der Waals surface area contributed by atoms with E-state index in [2.05, 4.69) is 19.5 Å². The molecule has 1 fully saturated rings. The SMILES string of the molecule is COC(=O)COc1ccc(C(=O)CN2CCN(c3ccncc3)CC2)cc1C. The van der Waals surface area contributed by atoms with Crippen LogP contribution in [0.3, 0.4) is 0 Å². The first-order valence-corrected chi connectivity index (χ1v) is 9.27. The lowest BCUT2D eigenvalue weighted by molar-refractivity contribution is -0.142. The van der Waals surface area contributed by atoms with Gasteiger partial charge in [0.25, 0.3) is 0 Å². The number of ketones is 1. The van der Waals surface area contributed by atoms with Crippen LogP contribution in [0.15, 0.2) is 42.7 Å². The van der Waals surface area contributed by atoms with Crippen molar-refractivity contribution in [2.24, 2.45) is 0 Å². The number of pyridine rings is 1. The van der Waals surface area contributed by atoms with E-state index in [0.29, 0.717) is 17.9 Å². The van der Waals surface area contributed by atoms with Crippen molar-refractivity contribution in [3.63, 3.8) is 0 Å². The fourth-order valence-electron chi connectivity index (χ4n) is 3.19. The summed E-state index contributed by atoms with van der Waals surface area (Å²) in [4.78, 5) is 32.4. The summed E-state index contributed by atoms with van der Waals surface area (Å²) in [6, 6.07) is 9.30. The second-order valence-corrected chi connectivity index (χ2v) is 6.74.